The molecule has 1 heterocycles. The fourth-order valence-corrected chi connectivity index (χ4v) is 2.83. The van der Waals surface area contributed by atoms with Crippen LogP contribution in [-0.4, -0.2) is 19.6 Å². The number of guanidine groups is 1. The van der Waals surface area contributed by atoms with E-state index in [4.69, 9.17) is 10.5 Å². The van der Waals surface area contributed by atoms with Gasteiger partial charge in [0.1, 0.15) is 5.75 Å². The van der Waals surface area contributed by atoms with Crippen molar-refractivity contribution in [2.45, 2.75) is 26.3 Å². The molecule has 0 atom stereocenters. The van der Waals surface area contributed by atoms with Gasteiger partial charge in [-0.3, -0.25) is 0 Å². The molecule has 1 aromatic heterocycles. The Kier molecular flexibility index (Phi) is 9.01. The van der Waals surface area contributed by atoms with Gasteiger partial charge in [0.15, 0.2) is 5.96 Å². The summed E-state index contributed by atoms with van der Waals surface area (Å²) in [5.41, 5.74) is 8.23. The predicted molar refractivity (Wildman–Crippen MR) is 110 cm³/mol. The minimum atomic E-state index is 0. The van der Waals surface area contributed by atoms with E-state index >= 15 is 0 Å². The number of nitrogens with one attached hydrogen (secondary N) is 1. The van der Waals surface area contributed by atoms with E-state index in [1.54, 1.807) is 18.4 Å². The Morgan fingerprint density at radius 3 is 2.65 bits per heavy atom. The van der Waals surface area contributed by atoms with Gasteiger partial charge in [0.05, 0.1) is 13.7 Å². The SMILES string of the molecule is CCCCNC(N)=NCc1cc(-c2ccc(OC)cc2)cs1.I. The van der Waals surface area contributed by atoms with Crippen LogP contribution in [0.5, 0.6) is 5.75 Å². The lowest BCUT2D eigenvalue weighted by Gasteiger charge is -2.03. The van der Waals surface area contributed by atoms with Crippen LogP contribution >= 0.6 is 35.3 Å². The van der Waals surface area contributed by atoms with Crippen molar-refractivity contribution in [3.8, 4) is 16.9 Å². The molecule has 0 bridgehead atoms. The van der Waals surface area contributed by atoms with Crippen molar-refractivity contribution in [3.05, 3.63) is 40.6 Å². The molecule has 0 unspecified atom stereocenters. The number of methoxy groups -OCH3 is 1. The minimum Gasteiger partial charge on any atom is -0.497 e. The van der Waals surface area contributed by atoms with Crippen LogP contribution in [-0.2, 0) is 6.54 Å². The van der Waals surface area contributed by atoms with Crippen molar-refractivity contribution in [1.82, 2.24) is 5.32 Å². The smallest absolute Gasteiger partial charge is 0.188 e. The number of unbranched alkanes of at least 4 members (excludes halogenated alkanes) is 1. The van der Waals surface area contributed by atoms with E-state index in [1.807, 2.05) is 12.1 Å². The minimum absolute atomic E-state index is 0. The van der Waals surface area contributed by atoms with Crippen LogP contribution in [0.15, 0.2) is 40.7 Å². The normalized spacial score (nSPS) is 11.0. The molecule has 2 aromatic rings. The third kappa shape index (κ3) is 6.39. The molecule has 0 aliphatic heterocycles. The average molecular weight is 445 g/mol. The van der Waals surface area contributed by atoms with Crippen molar-refractivity contribution in [3.63, 3.8) is 0 Å². The lowest BCUT2D eigenvalue weighted by molar-refractivity contribution is 0.415. The molecule has 126 valence electrons. The van der Waals surface area contributed by atoms with Crippen molar-refractivity contribution >= 4 is 41.3 Å². The van der Waals surface area contributed by atoms with Crippen LogP contribution in [0, 0.1) is 0 Å². The van der Waals surface area contributed by atoms with Crippen LogP contribution in [0.25, 0.3) is 11.1 Å². The monoisotopic (exact) mass is 445 g/mol. The van der Waals surface area contributed by atoms with E-state index in [0.717, 1.165) is 25.1 Å². The molecule has 0 saturated carbocycles. The van der Waals surface area contributed by atoms with Gasteiger partial charge < -0.3 is 15.8 Å². The summed E-state index contributed by atoms with van der Waals surface area (Å²) in [6, 6.07) is 10.2. The van der Waals surface area contributed by atoms with Gasteiger partial charge >= 0.3 is 0 Å². The lowest BCUT2D eigenvalue weighted by atomic mass is 10.1. The van der Waals surface area contributed by atoms with Gasteiger partial charge in [0.25, 0.3) is 0 Å². The molecule has 0 radical (unpaired) electrons. The summed E-state index contributed by atoms with van der Waals surface area (Å²) in [6.07, 6.45) is 2.26. The van der Waals surface area contributed by atoms with E-state index in [-0.39, 0.29) is 24.0 Å². The number of ether oxygens (including phenoxy) is 1. The molecule has 3 N–H and O–H groups in total. The zero-order chi connectivity index (χ0) is 15.8. The molecule has 0 aliphatic carbocycles. The van der Waals surface area contributed by atoms with Gasteiger partial charge in [0.2, 0.25) is 0 Å². The van der Waals surface area contributed by atoms with Crippen LogP contribution in [0.2, 0.25) is 0 Å². The Balaban J connectivity index is 0.00000264. The van der Waals surface area contributed by atoms with E-state index in [1.165, 1.54) is 16.0 Å². The predicted octanol–water partition coefficient (Wildman–Crippen LogP) is 4.25. The van der Waals surface area contributed by atoms with E-state index in [2.05, 4.69) is 40.8 Å². The molecular weight excluding hydrogens is 421 g/mol. The molecule has 0 spiro atoms. The Morgan fingerprint density at radius 2 is 2.00 bits per heavy atom. The zero-order valence-corrected chi connectivity index (χ0v) is 16.7. The highest BCUT2D eigenvalue weighted by Crippen LogP contribution is 2.27. The van der Waals surface area contributed by atoms with E-state index < -0.39 is 0 Å². The number of hydrogen-bond donors (Lipinski definition) is 2. The van der Waals surface area contributed by atoms with Crippen LogP contribution in [0.4, 0.5) is 0 Å². The largest absolute Gasteiger partial charge is 0.497 e. The number of benzene rings is 1. The Hall–Kier alpha value is -1.28. The van der Waals surface area contributed by atoms with Crippen LogP contribution in [0.3, 0.4) is 0 Å². The van der Waals surface area contributed by atoms with Crippen molar-refractivity contribution in [2.75, 3.05) is 13.7 Å². The first-order valence-electron chi connectivity index (χ1n) is 7.48. The summed E-state index contributed by atoms with van der Waals surface area (Å²) >= 11 is 1.70. The first-order chi connectivity index (χ1) is 10.7. The van der Waals surface area contributed by atoms with Gasteiger partial charge in [-0.2, -0.15) is 0 Å². The number of nitrogens with zero attached hydrogens (tertiary/aromatic N) is 1. The highest BCUT2D eigenvalue weighted by Gasteiger charge is 2.03. The molecular formula is C17H24IN3OS. The van der Waals surface area contributed by atoms with Crippen LogP contribution < -0.4 is 15.8 Å². The molecule has 4 nitrogen and oxygen atoms in total. The molecule has 0 fully saturated rings. The second kappa shape index (κ2) is 10.5. The second-order valence-electron chi connectivity index (χ2n) is 5.01. The third-order valence-corrected chi connectivity index (χ3v) is 4.24. The standard InChI is InChI=1S/C17H23N3OS.HI/c1-3-4-9-19-17(18)20-11-16-10-14(12-22-16)13-5-7-15(21-2)8-6-13;/h5-8,10,12H,3-4,9,11H2,1-2H3,(H3,18,19,20);1H. The highest BCUT2D eigenvalue weighted by molar-refractivity contribution is 14.0. The fourth-order valence-electron chi connectivity index (χ4n) is 2.01. The number of halogens is 1. The van der Waals surface area contributed by atoms with Gasteiger partial charge in [-0.25, -0.2) is 4.99 Å². The average Bonchev–Trinajstić information content (AvgIpc) is 3.02. The topological polar surface area (TPSA) is 59.6 Å². The number of nitrogens with two attached hydrogens (primary N) is 1. The van der Waals surface area contributed by atoms with E-state index in [0.29, 0.717) is 12.5 Å². The zero-order valence-electron chi connectivity index (χ0n) is 13.5. The summed E-state index contributed by atoms with van der Waals surface area (Å²) in [5, 5.41) is 5.27. The number of thiophene rings is 1. The lowest BCUT2D eigenvalue weighted by Crippen LogP contribution is -2.32. The Labute approximate surface area is 159 Å². The van der Waals surface area contributed by atoms with Gasteiger partial charge in [-0.1, -0.05) is 25.5 Å². The quantitative estimate of drug-likeness (QED) is 0.290. The van der Waals surface area contributed by atoms with Crippen molar-refractivity contribution < 1.29 is 4.74 Å². The van der Waals surface area contributed by atoms with E-state index in [9.17, 15) is 0 Å². The fraction of sp³-hybridized carbons (Fsp3) is 0.353. The second-order valence-corrected chi connectivity index (χ2v) is 6.01. The molecule has 0 aliphatic rings. The van der Waals surface area contributed by atoms with Gasteiger partial charge in [-0.15, -0.1) is 35.3 Å². The number of aliphatic imine (C=N–C) groups is 1. The first kappa shape index (κ1) is 19.8. The van der Waals surface area contributed by atoms with Crippen molar-refractivity contribution in [1.29, 1.82) is 0 Å². The third-order valence-electron chi connectivity index (χ3n) is 3.32. The number of hydrogen-bond acceptors (Lipinski definition) is 3. The Morgan fingerprint density at radius 1 is 1.26 bits per heavy atom. The summed E-state index contributed by atoms with van der Waals surface area (Å²) < 4.78 is 5.18. The number of rotatable bonds is 7. The van der Waals surface area contributed by atoms with Crippen molar-refractivity contribution in [2.24, 2.45) is 10.7 Å². The summed E-state index contributed by atoms with van der Waals surface area (Å²) in [5.74, 6) is 1.39. The van der Waals surface area contributed by atoms with Crippen LogP contribution in [0.1, 0.15) is 24.6 Å². The maximum absolute atomic E-state index is 5.84. The Bertz CT molecular complexity index is 611. The molecule has 23 heavy (non-hydrogen) atoms. The summed E-state index contributed by atoms with van der Waals surface area (Å²) in [6.45, 7) is 3.65. The molecule has 0 saturated heterocycles. The highest BCUT2D eigenvalue weighted by atomic mass is 127. The molecule has 2 rings (SSSR count). The molecule has 0 amide bonds. The molecule has 1 aromatic carbocycles. The first-order valence-corrected chi connectivity index (χ1v) is 8.36. The summed E-state index contributed by atoms with van der Waals surface area (Å²) in [4.78, 5) is 5.57. The maximum atomic E-state index is 5.84. The van der Waals surface area contributed by atoms with Gasteiger partial charge in [-0.05, 0) is 41.1 Å². The van der Waals surface area contributed by atoms with Gasteiger partial charge in [0, 0.05) is 11.4 Å². The maximum Gasteiger partial charge on any atom is 0.188 e. The molecule has 6 heteroatoms. The summed E-state index contributed by atoms with van der Waals surface area (Å²) in [7, 11) is 1.68.